The van der Waals surface area contributed by atoms with Crippen LogP contribution in [0.1, 0.15) is 0 Å². The van der Waals surface area contributed by atoms with Gasteiger partial charge in [0.05, 0.1) is 25.9 Å². The van der Waals surface area contributed by atoms with Gasteiger partial charge in [-0.25, -0.2) is 9.13 Å². The van der Waals surface area contributed by atoms with E-state index in [2.05, 4.69) is 0 Å². The van der Waals surface area contributed by atoms with Crippen molar-refractivity contribution in [2.75, 3.05) is 19.8 Å². The molecule has 0 aromatic heterocycles. The first-order chi connectivity index (χ1) is 16.7. The second-order valence-electron chi connectivity index (χ2n) is 8.23. The summed E-state index contributed by atoms with van der Waals surface area (Å²) in [7, 11) is 6.47. The van der Waals surface area contributed by atoms with Gasteiger partial charge in [-0.3, -0.25) is 18.1 Å². The van der Waals surface area contributed by atoms with E-state index in [1.54, 1.807) is 0 Å². The Balaban J connectivity index is 1.57. The van der Waals surface area contributed by atoms with Crippen molar-refractivity contribution in [2.45, 2.75) is 72.9 Å². The number of hydrogen-bond donors (Lipinski definition) is 7. The topological polar surface area (TPSA) is 240 Å². The van der Waals surface area contributed by atoms with E-state index in [0.717, 1.165) is 0 Å². The fourth-order valence-electron chi connectivity index (χ4n) is 3.69. The lowest BCUT2D eigenvalue weighted by atomic mass is 9.93. The summed E-state index contributed by atoms with van der Waals surface area (Å²) in [6, 6.07) is -4.02. The summed E-state index contributed by atoms with van der Waals surface area (Å²) in [5, 5.41) is 48.7. The molecule has 14 atom stereocenters. The van der Waals surface area contributed by atoms with Gasteiger partial charge < -0.3 is 49.5 Å². The van der Waals surface area contributed by atoms with E-state index in [9.17, 15) is 44.4 Å². The molecule has 0 saturated carbocycles. The van der Waals surface area contributed by atoms with Crippen LogP contribution in [0.25, 0.3) is 0 Å². The molecular formula is C15H25B3O16P2. The number of hydrogen-bond acceptors (Lipinski definition) is 14. The van der Waals surface area contributed by atoms with Crippen molar-refractivity contribution in [3.63, 3.8) is 0 Å². The third-order valence-corrected chi connectivity index (χ3v) is 7.61. The summed E-state index contributed by atoms with van der Waals surface area (Å²) in [5.41, 5.74) is 0. The van der Waals surface area contributed by atoms with E-state index >= 15 is 0 Å². The SMILES string of the molecule is [B][C@@H]1O[C@H](COP(=O)(O)OC2[C@@H](COP(=O)(O)OC3[C@@H](CO)O[C@@H]([B])[C@H]3O)O[C@@H]([B])[C@H]2O)C(O)[C@@H]1O. The first-order valence-electron chi connectivity index (χ1n) is 10.5. The Hall–Kier alpha value is 0.0948. The minimum absolute atomic E-state index is 0.697. The number of aliphatic hydroxyl groups excluding tert-OH is 5. The van der Waals surface area contributed by atoms with Gasteiger partial charge in [-0.15, -0.1) is 0 Å². The first kappa shape index (κ1) is 30.6. The van der Waals surface area contributed by atoms with E-state index in [-0.39, 0.29) is 0 Å². The smallest absolute Gasteiger partial charge is 0.394 e. The maximum atomic E-state index is 12.4. The molecule has 3 aliphatic rings. The predicted molar refractivity (Wildman–Crippen MR) is 116 cm³/mol. The van der Waals surface area contributed by atoms with Gasteiger partial charge in [0.15, 0.2) is 0 Å². The molecule has 7 N–H and O–H groups in total. The highest BCUT2D eigenvalue weighted by Crippen LogP contribution is 2.50. The largest absolute Gasteiger partial charge is 0.472 e. The Morgan fingerprint density at radius 2 is 1.03 bits per heavy atom. The average Bonchev–Trinajstić information content (AvgIpc) is 3.33. The summed E-state index contributed by atoms with van der Waals surface area (Å²) in [4.78, 5) is 20.0. The van der Waals surface area contributed by atoms with Crippen LogP contribution in [0, 0.1) is 0 Å². The molecule has 0 bridgehead atoms. The molecule has 21 heteroatoms. The Labute approximate surface area is 209 Å². The molecule has 3 aliphatic heterocycles. The van der Waals surface area contributed by atoms with Crippen LogP contribution in [0.3, 0.4) is 0 Å². The summed E-state index contributed by atoms with van der Waals surface area (Å²) in [6.45, 7) is -2.30. The second-order valence-corrected chi connectivity index (χ2v) is 11.0. The van der Waals surface area contributed by atoms with E-state index in [4.69, 9.17) is 55.8 Å². The Morgan fingerprint density at radius 3 is 1.47 bits per heavy atom. The van der Waals surface area contributed by atoms with Crippen LogP contribution in [0.15, 0.2) is 0 Å². The number of aliphatic hydroxyl groups is 5. The molecule has 0 spiro atoms. The van der Waals surface area contributed by atoms with Crippen LogP contribution in [0.2, 0.25) is 0 Å². The summed E-state index contributed by atoms with van der Waals surface area (Å²) < 4.78 is 59.2. The zero-order chi connectivity index (χ0) is 27.0. The molecule has 3 fully saturated rings. The van der Waals surface area contributed by atoms with E-state index in [1.807, 2.05) is 0 Å². The van der Waals surface area contributed by atoms with Crippen LogP contribution >= 0.6 is 15.6 Å². The number of phosphoric ester groups is 2. The number of rotatable bonds is 11. The van der Waals surface area contributed by atoms with Gasteiger partial charge in [-0.2, -0.15) is 0 Å². The average molecular weight is 556 g/mol. The van der Waals surface area contributed by atoms with Crippen molar-refractivity contribution in [1.29, 1.82) is 0 Å². The van der Waals surface area contributed by atoms with Crippen molar-refractivity contribution in [2.24, 2.45) is 0 Å². The number of phosphoric acid groups is 2. The molecule has 6 radical (unpaired) electrons. The molecule has 3 rings (SSSR count). The third kappa shape index (κ3) is 7.18. The van der Waals surface area contributed by atoms with Gasteiger partial charge in [-0.1, -0.05) is 0 Å². The molecule has 0 aromatic carbocycles. The lowest BCUT2D eigenvalue weighted by molar-refractivity contribution is -0.0398. The predicted octanol–water partition coefficient (Wildman–Crippen LogP) is -4.89. The summed E-state index contributed by atoms with van der Waals surface area (Å²) >= 11 is 0. The van der Waals surface area contributed by atoms with Gasteiger partial charge in [0.2, 0.25) is 0 Å². The van der Waals surface area contributed by atoms with Crippen LogP contribution in [0.4, 0.5) is 0 Å². The van der Waals surface area contributed by atoms with Gasteiger partial charge in [-0.05, 0) is 0 Å². The maximum Gasteiger partial charge on any atom is 0.472 e. The highest BCUT2D eigenvalue weighted by Gasteiger charge is 2.49. The standard InChI is InChI=1S/C15H25B3O16P2/c16-13-8(21)7(20)5(31-13)2-28-35(24,25)34-12-6(32-15(18)10(12)23)3-29-36(26,27)33-11-4(1-19)30-14(17)9(11)22/h4-15,19-23H,1-3H2,(H,24,25)(H,26,27)/t4-,5-,6-,7?,8+,9+,10+,11?,12?,13-,14-,15-/m1/s1. The van der Waals surface area contributed by atoms with E-state index in [0.29, 0.717) is 0 Å². The molecule has 3 saturated heterocycles. The van der Waals surface area contributed by atoms with E-state index < -0.39 is 108 Å². The molecular weight excluding hydrogens is 531 g/mol. The van der Waals surface area contributed by atoms with Gasteiger partial charge in [0, 0.05) is 18.0 Å². The van der Waals surface area contributed by atoms with Crippen molar-refractivity contribution in [3.05, 3.63) is 0 Å². The number of ether oxygens (including phenoxy) is 3. The van der Waals surface area contributed by atoms with E-state index in [1.165, 1.54) is 0 Å². The van der Waals surface area contributed by atoms with Crippen LogP contribution in [-0.4, -0.2) is 152 Å². The highest BCUT2D eigenvalue weighted by atomic mass is 31.2. The molecule has 0 aromatic rings. The molecule has 200 valence electrons. The lowest BCUT2D eigenvalue weighted by Crippen LogP contribution is -2.38. The second kappa shape index (κ2) is 12.1. The van der Waals surface area contributed by atoms with Crippen molar-refractivity contribution >= 4 is 39.2 Å². The fraction of sp³-hybridized carbons (Fsp3) is 1.00. The zero-order valence-electron chi connectivity index (χ0n) is 18.5. The Bertz CT molecular complexity index is 843. The fourth-order valence-corrected chi connectivity index (χ4v) is 5.62. The molecule has 16 nitrogen and oxygen atoms in total. The summed E-state index contributed by atoms with van der Waals surface area (Å²) in [5.74, 6) is 0. The highest BCUT2D eigenvalue weighted by molar-refractivity contribution is 7.47. The third-order valence-electron chi connectivity index (χ3n) is 5.64. The monoisotopic (exact) mass is 556 g/mol. The van der Waals surface area contributed by atoms with Crippen LogP contribution in [-0.2, 0) is 41.4 Å². The van der Waals surface area contributed by atoms with Gasteiger partial charge in [0.25, 0.3) is 0 Å². The van der Waals surface area contributed by atoms with Gasteiger partial charge in [0.1, 0.15) is 72.4 Å². The van der Waals surface area contributed by atoms with Crippen LogP contribution in [0.5, 0.6) is 0 Å². The van der Waals surface area contributed by atoms with Crippen molar-refractivity contribution in [3.8, 4) is 0 Å². The molecule has 36 heavy (non-hydrogen) atoms. The molecule has 3 heterocycles. The lowest BCUT2D eigenvalue weighted by Gasteiger charge is -2.26. The molecule has 0 aliphatic carbocycles. The normalized spacial score (nSPS) is 46.5. The zero-order valence-corrected chi connectivity index (χ0v) is 20.3. The minimum Gasteiger partial charge on any atom is -0.394 e. The Morgan fingerprint density at radius 1 is 0.639 bits per heavy atom. The van der Waals surface area contributed by atoms with Crippen molar-refractivity contribution < 1.29 is 76.8 Å². The first-order valence-corrected chi connectivity index (χ1v) is 13.5. The van der Waals surface area contributed by atoms with Crippen LogP contribution < -0.4 is 0 Å². The quantitative estimate of drug-likeness (QED) is 0.0933. The van der Waals surface area contributed by atoms with Gasteiger partial charge >= 0.3 is 15.6 Å². The summed E-state index contributed by atoms with van der Waals surface area (Å²) in [6.07, 6.45) is -13.5. The van der Waals surface area contributed by atoms with Crippen molar-refractivity contribution in [1.82, 2.24) is 0 Å². The minimum atomic E-state index is -5.00. The maximum absolute atomic E-state index is 12.4. The molecule has 0 amide bonds. The Kier molecular flexibility index (Phi) is 10.3. The molecule has 5 unspecified atom stereocenters.